The molecule has 48 heavy (non-hydrogen) atoms. The van der Waals surface area contributed by atoms with Crippen LogP contribution in [0, 0.1) is 11.8 Å². The van der Waals surface area contributed by atoms with Crippen molar-refractivity contribution in [1.82, 2.24) is 4.98 Å². The smallest absolute Gasteiger partial charge is 0.329 e. The van der Waals surface area contributed by atoms with Crippen LogP contribution in [0.1, 0.15) is 87.1 Å². The van der Waals surface area contributed by atoms with Gasteiger partial charge in [-0.2, -0.15) is 0 Å². The average Bonchev–Trinajstić information content (AvgIpc) is 3.36. The lowest BCUT2D eigenvalue weighted by Crippen LogP contribution is -2.53. The van der Waals surface area contributed by atoms with Crippen molar-refractivity contribution in [1.29, 1.82) is 0 Å². The van der Waals surface area contributed by atoms with Crippen molar-refractivity contribution < 1.29 is 19.4 Å². The number of nitrogens with one attached hydrogen (secondary N) is 1. The Morgan fingerprint density at radius 3 is 2.60 bits per heavy atom. The lowest BCUT2D eigenvalue weighted by atomic mass is 9.59. The molecular formula is C41H45ClN2O4. The van der Waals surface area contributed by atoms with E-state index in [4.69, 9.17) is 21.1 Å². The zero-order valence-corrected chi connectivity index (χ0v) is 28.6. The average molecular weight is 665 g/mol. The van der Waals surface area contributed by atoms with E-state index in [9.17, 15) is 9.90 Å². The molecule has 7 rings (SSSR count). The number of para-hydroxylation sites is 1. The summed E-state index contributed by atoms with van der Waals surface area (Å²) >= 11 is 6.28. The van der Waals surface area contributed by atoms with Crippen LogP contribution in [-0.2, 0) is 23.1 Å². The maximum absolute atomic E-state index is 12.9. The van der Waals surface area contributed by atoms with Gasteiger partial charge in [-0.25, -0.2) is 4.79 Å². The number of carboxylic acid groups (broad SMARTS) is 1. The van der Waals surface area contributed by atoms with E-state index in [-0.39, 0.29) is 5.41 Å². The van der Waals surface area contributed by atoms with E-state index in [1.54, 1.807) is 12.1 Å². The molecule has 3 aliphatic carbocycles. The Morgan fingerprint density at radius 2 is 1.83 bits per heavy atom. The fourth-order valence-corrected chi connectivity index (χ4v) is 8.96. The third kappa shape index (κ3) is 6.39. The van der Waals surface area contributed by atoms with Crippen LogP contribution in [0.15, 0.2) is 85.1 Å². The van der Waals surface area contributed by atoms with E-state index >= 15 is 0 Å². The predicted octanol–water partition coefficient (Wildman–Crippen LogP) is 9.99. The fourth-order valence-electron chi connectivity index (χ4n) is 8.76. The maximum Gasteiger partial charge on any atom is 0.329 e. The van der Waals surface area contributed by atoms with Crippen LogP contribution >= 0.6 is 11.6 Å². The summed E-state index contributed by atoms with van der Waals surface area (Å²) in [6, 6.07) is 25.8. The van der Waals surface area contributed by atoms with Crippen LogP contribution in [-0.4, -0.2) is 28.2 Å². The first-order valence-corrected chi connectivity index (χ1v) is 17.9. The van der Waals surface area contributed by atoms with E-state index in [1.807, 2.05) is 54.7 Å². The highest BCUT2D eigenvalue weighted by molar-refractivity contribution is 6.30. The summed E-state index contributed by atoms with van der Waals surface area (Å²) in [5.74, 6) is 2.94. The number of nitrogens with zero attached hydrogens (tertiary/aromatic N) is 1. The minimum atomic E-state index is -1.06. The Balaban J connectivity index is 1.14. The van der Waals surface area contributed by atoms with Crippen molar-refractivity contribution in [2.45, 2.75) is 88.5 Å². The molecule has 7 heteroatoms. The van der Waals surface area contributed by atoms with Gasteiger partial charge in [-0.3, -0.25) is 4.98 Å². The van der Waals surface area contributed by atoms with Crippen LogP contribution in [0.2, 0.25) is 5.02 Å². The number of hydrogen-bond acceptors (Lipinski definition) is 5. The molecule has 0 saturated heterocycles. The number of carbonyl (C=O) groups is 1. The molecule has 250 valence electrons. The number of halogens is 1. The maximum atomic E-state index is 12.9. The molecule has 1 fully saturated rings. The van der Waals surface area contributed by atoms with Crippen molar-refractivity contribution in [3.63, 3.8) is 0 Å². The Bertz CT molecular complexity index is 1770. The number of fused-ring (bicyclic) bond motifs is 3. The number of aryl methyl sites for hydroxylation is 1. The molecule has 1 heterocycles. The first-order valence-electron chi connectivity index (χ1n) is 17.5. The molecule has 6 nitrogen and oxygen atoms in total. The van der Waals surface area contributed by atoms with Gasteiger partial charge >= 0.3 is 5.97 Å². The summed E-state index contributed by atoms with van der Waals surface area (Å²) in [6.07, 6.45) is 9.79. The lowest BCUT2D eigenvalue weighted by molar-refractivity contribution is -0.144. The van der Waals surface area contributed by atoms with Crippen LogP contribution < -0.4 is 14.8 Å². The number of carboxylic acids is 1. The second kappa shape index (κ2) is 13.5. The summed E-state index contributed by atoms with van der Waals surface area (Å²) in [6.45, 7) is 5.22. The van der Waals surface area contributed by atoms with Gasteiger partial charge in [0.05, 0.1) is 6.61 Å². The SMILES string of the molecule is C[C@@H](COc1ccnc2c1[C@@H](C)CCC2)CC1Cc2ccc(Oc3ccccc3)cc2C12CCC(Nc1cccc(Cl)c1)(C(=O)O)CC2. The molecule has 0 aliphatic heterocycles. The molecule has 2 N–H and O–H groups in total. The highest BCUT2D eigenvalue weighted by Gasteiger charge is 2.54. The third-order valence-corrected chi connectivity index (χ3v) is 11.5. The van der Waals surface area contributed by atoms with Gasteiger partial charge in [0, 0.05) is 28.2 Å². The van der Waals surface area contributed by atoms with E-state index in [1.165, 1.54) is 35.2 Å². The monoisotopic (exact) mass is 664 g/mol. The van der Waals surface area contributed by atoms with Crippen LogP contribution in [0.25, 0.3) is 0 Å². The molecule has 1 aromatic heterocycles. The van der Waals surface area contributed by atoms with Gasteiger partial charge in [0.2, 0.25) is 0 Å². The van der Waals surface area contributed by atoms with Crippen molar-refractivity contribution in [3.05, 3.63) is 112 Å². The molecular weight excluding hydrogens is 620 g/mol. The van der Waals surface area contributed by atoms with Gasteiger partial charge in [-0.05, 0) is 141 Å². The Kier molecular flexibility index (Phi) is 9.12. The molecule has 3 atom stereocenters. The number of anilines is 1. The zero-order valence-electron chi connectivity index (χ0n) is 27.9. The van der Waals surface area contributed by atoms with Gasteiger partial charge in [0.1, 0.15) is 22.8 Å². The van der Waals surface area contributed by atoms with Crippen molar-refractivity contribution in [3.8, 4) is 17.2 Å². The van der Waals surface area contributed by atoms with E-state index in [0.29, 0.717) is 42.2 Å². The summed E-state index contributed by atoms with van der Waals surface area (Å²) in [5, 5.41) is 14.6. The van der Waals surface area contributed by atoms with Gasteiger partial charge in [0.15, 0.2) is 0 Å². The normalized spacial score (nSPS) is 25.1. The van der Waals surface area contributed by atoms with Crippen LogP contribution in [0.5, 0.6) is 17.2 Å². The van der Waals surface area contributed by atoms with Gasteiger partial charge in [-0.15, -0.1) is 0 Å². The Morgan fingerprint density at radius 1 is 1.02 bits per heavy atom. The zero-order chi connectivity index (χ0) is 33.3. The van der Waals surface area contributed by atoms with Crippen molar-refractivity contribution in [2.75, 3.05) is 11.9 Å². The molecule has 3 aliphatic rings. The molecule has 3 aromatic carbocycles. The summed E-state index contributed by atoms with van der Waals surface area (Å²) in [5.41, 5.74) is 4.65. The van der Waals surface area contributed by atoms with E-state index < -0.39 is 11.5 Å². The summed E-state index contributed by atoms with van der Waals surface area (Å²) in [7, 11) is 0. The largest absolute Gasteiger partial charge is 0.493 e. The molecule has 0 bridgehead atoms. The van der Waals surface area contributed by atoms with Crippen LogP contribution in [0.3, 0.4) is 0 Å². The number of aromatic nitrogens is 1. The lowest BCUT2D eigenvalue weighted by Gasteiger charge is -2.47. The van der Waals surface area contributed by atoms with Crippen LogP contribution in [0.4, 0.5) is 5.69 Å². The number of hydrogen-bond donors (Lipinski definition) is 2. The molecule has 4 aromatic rings. The number of rotatable bonds is 10. The standard InChI is InChI=1S/C41H45ClN2O4/c1-27(26-47-37-16-21-43-36-13-6-8-28(2)38(36)37)22-30-23-29-14-15-34(48-33-11-4-3-5-12-33)25-35(29)40(30)17-19-41(20-18-40,39(45)46)44-32-10-7-9-31(42)24-32/h3-5,7,9-12,14-16,21,24-25,27-28,30,44H,6,8,13,17-20,22-23,26H2,1-2H3,(H,45,46)/t27-,28+,30?,40?,41?/m1/s1. The van der Waals surface area contributed by atoms with Gasteiger partial charge in [-0.1, -0.05) is 55.8 Å². The molecule has 1 unspecified atom stereocenters. The number of aliphatic carboxylic acids is 1. The number of benzene rings is 3. The summed E-state index contributed by atoms with van der Waals surface area (Å²) < 4.78 is 12.9. The highest BCUT2D eigenvalue weighted by atomic mass is 35.5. The molecule has 0 amide bonds. The van der Waals surface area contributed by atoms with E-state index in [0.717, 1.165) is 55.0 Å². The van der Waals surface area contributed by atoms with Crippen molar-refractivity contribution in [2.24, 2.45) is 11.8 Å². The fraction of sp³-hybridized carbons (Fsp3) is 0.415. The minimum Gasteiger partial charge on any atom is -0.493 e. The summed E-state index contributed by atoms with van der Waals surface area (Å²) in [4.78, 5) is 17.6. The minimum absolute atomic E-state index is 0.154. The quantitative estimate of drug-likeness (QED) is 0.176. The number of ether oxygens (including phenoxy) is 2. The first-order chi connectivity index (χ1) is 23.2. The topological polar surface area (TPSA) is 80.7 Å². The van der Waals surface area contributed by atoms with Gasteiger partial charge in [0.25, 0.3) is 0 Å². The second-order valence-corrected chi connectivity index (χ2v) is 14.9. The van der Waals surface area contributed by atoms with Crippen molar-refractivity contribution >= 4 is 23.3 Å². The third-order valence-electron chi connectivity index (χ3n) is 11.2. The first kappa shape index (κ1) is 32.5. The van der Waals surface area contributed by atoms with Gasteiger partial charge < -0.3 is 19.9 Å². The van der Waals surface area contributed by atoms with E-state index in [2.05, 4.69) is 42.3 Å². The number of pyridine rings is 1. The molecule has 0 radical (unpaired) electrons. The highest BCUT2D eigenvalue weighted by Crippen LogP contribution is 2.57. The second-order valence-electron chi connectivity index (χ2n) is 14.4. The molecule has 1 saturated carbocycles. The Hall–Kier alpha value is -4.03. The predicted molar refractivity (Wildman–Crippen MR) is 191 cm³/mol. The molecule has 1 spiro atoms. The Labute approximate surface area is 288 Å².